The Morgan fingerprint density at radius 2 is 1.67 bits per heavy atom. The van der Waals surface area contributed by atoms with Gasteiger partial charge in [0.05, 0.1) is 18.0 Å². The molecule has 0 aliphatic carbocycles. The van der Waals surface area contributed by atoms with Crippen molar-refractivity contribution >= 4 is 15.7 Å². The summed E-state index contributed by atoms with van der Waals surface area (Å²) in [5, 5.41) is 2.94. The van der Waals surface area contributed by atoms with Crippen LogP contribution in [0, 0.1) is 0 Å². The van der Waals surface area contributed by atoms with Crippen LogP contribution in [0.15, 0.2) is 53.4 Å². The van der Waals surface area contributed by atoms with Crippen molar-refractivity contribution in [2.24, 2.45) is 0 Å². The zero-order valence-electron chi connectivity index (χ0n) is 15.9. The zero-order valence-corrected chi connectivity index (χ0v) is 16.7. The molecule has 0 aliphatic rings. The lowest BCUT2D eigenvalue weighted by Gasteiger charge is -2.21. The van der Waals surface area contributed by atoms with E-state index in [4.69, 9.17) is 9.47 Å². The van der Waals surface area contributed by atoms with Gasteiger partial charge in [0.15, 0.2) is 27.4 Å². The third-order valence-corrected chi connectivity index (χ3v) is 5.31. The highest BCUT2D eigenvalue weighted by Crippen LogP contribution is 2.27. The normalized spacial score (nSPS) is 13.5. The van der Waals surface area contributed by atoms with Crippen molar-refractivity contribution in [1.82, 2.24) is 5.32 Å². The van der Waals surface area contributed by atoms with E-state index in [0.29, 0.717) is 17.9 Å². The van der Waals surface area contributed by atoms with E-state index in [1.54, 1.807) is 56.5 Å². The summed E-state index contributed by atoms with van der Waals surface area (Å²) in [6.45, 7) is 3.61. The fourth-order valence-corrected chi connectivity index (χ4v) is 3.25. The van der Waals surface area contributed by atoms with E-state index in [1.165, 1.54) is 0 Å². The van der Waals surface area contributed by atoms with E-state index >= 15 is 0 Å². The van der Waals surface area contributed by atoms with Gasteiger partial charge in [-0.1, -0.05) is 31.2 Å². The second-order valence-electron chi connectivity index (χ2n) is 6.22. The van der Waals surface area contributed by atoms with Crippen molar-refractivity contribution in [3.8, 4) is 11.5 Å². The van der Waals surface area contributed by atoms with Crippen LogP contribution in [0.25, 0.3) is 0 Å². The molecule has 1 N–H and O–H groups in total. The summed E-state index contributed by atoms with van der Waals surface area (Å²) in [6.07, 6.45) is 1.11. The predicted molar refractivity (Wildman–Crippen MR) is 104 cm³/mol. The van der Waals surface area contributed by atoms with Gasteiger partial charge in [0.25, 0.3) is 5.91 Å². The standard InChI is InChI=1S/C20H25NO5S/c1-5-17(15-10-12-16(13-11-15)27(4,23)24)21-20(22)14(2)26-19-9-7-6-8-18(19)25-3/h6-14,17H,5H2,1-4H3,(H,21,22)/t14-,17-/m1/s1. The van der Waals surface area contributed by atoms with Gasteiger partial charge in [-0.3, -0.25) is 4.79 Å². The van der Waals surface area contributed by atoms with E-state index in [9.17, 15) is 13.2 Å². The Bertz CT molecular complexity index is 878. The van der Waals surface area contributed by atoms with Crippen LogP contribution >= 0.6 is 0 Å². The SMILES string of the molecule is CC[C@@H](NC(=O)[C@@H](C)Oc1ccccc1OC)c1ccc(S(C)(=O)=O)cc1. The van der Waals surface area contributed by atoms with E-state index in [0.717, 1.165) is 11.8 Å². The van der Waals surface area contributed by atoms with Gasteiger partial charge in [-0.05, 0) is 43.2 Å². The molecule has 0 aliphatic heterocycles. The Morgan fingerprint density at radius 1 is 1.07 bits per heavy atom. The first kappa shape index (κ1) is 20.8. The second kappa shape index (κ2) is 8.90. The number of carbonyl (C=O) groups is 1. The summed E-state index contributed by atoms with van der Waals surface area (Å²) >= 11 is 0. The Balaban J connectivity index is 2.07. The van der Waals surface area contributed by atoms with Gasteiger partial charge >= 0.3 is 0 Å². The van der Waals surface area contributed by atoms with Crippen LogP contribution in [0.2, 0.25) is 0 Å². The van der Waals surface area contributed by atoms with E-state index in [-0.39, 0.29) is 16.8 Å². The third-order valence-electron chi connectivity index (χ3n) is 4.18. The molecule has 2 rings (SSSR count). The zero-order chi connectivity index (χ0) is 20.0. The summed E-state index contributed by atoms with van der Waals surface area (Å²) in [5.74, 6) is 0.786. The number of benzene rings is 2. The molecule has 27 heavy (non-hydrogen) atoms. The van der Waals surface area contributed by atoms with Gasteiger partial charge in [-0.2, -0.15) is 0 Å². The predicted octanol–water partition coefficient (Wildman–Crippen LogP) is 3.13. The Kier molecular flexibility index (Phi) is 6.85. The molecule has 0 bridgehead atoms. The summed E-state index contributed by atoms with van der Waals surface area (Å²) < 4.78 is 34.1. The van der Waals surface area contributed by atoms with E-state index in [2.05, 4.69) is 5.32 Å². The topological polar surface area (TPSA) is 81.7 Å². The lowest BCUT2D eigenvalue weighted by molar-refractivity contribution is -0.128. The van der Waals surface area contributed by atoms with Gasteiger partial charge in [0, 0.05) is 6.26 Å². The van der Waals surface area contributed by atoms with Crippen LogP contribution in [0.1, 0.15) is 31.9 Å². The maximum Gasteiger partial charge on any atom is 0.261 e. The second-order valence-corrected chi connectivity index (χ2v) is 8.24. The maximum absolute atomic E-state index is 12.5. The summed E-state index contributed by atoms with van der Waals surface area (Å²) in [4.78, 5) is 12.8. The number of ether oxygens (including phenoxy) is 2. The first-order chi connectivity index (χ1) is 12.8. The van der Waals surface area contributed by atoms with Crippen LogP contribution in [0.4, 0.5) is 0 Å². The minimum absolute atomic E-state index is 0.241. The Morgan fingerprint density at radius 3 is 2.19 bits per heavy atom. The molecule has 2 atom stereocenters. The molecule has 0 saturated carbocycles. The molecule has 2 aromatic carbocycles. The minimum atomic E-state index is -3.25. The van der Waals surface area contributed by atoms with E-state index < -0.39 is 15.9 Å². The van der Waals surface area contributed by atoms with Crippen LogP contribution in [0.5, 0.6) is 11.5 Å². The van der Waals surface area contributed by atoms with Gasteiger partial charge in [0.1, 0.15) is 0 Å². The van der Waals surface area contributed by atoms with Crippen molar-refractivity contribution in [1.29, 1.82) is 0 Å². The molecule has 0 saturated heterocycles. The molecule has 0 radical (unpaired) electrons. The summed E-state index contributed by atoms with van der Waals surface area (Å²) in [7, 11) is -1.71. The van der Waals surface area contributed by atoms with Crippen LogP contribution in [-0.4, -0.2) is 33.8 Å². The molecule has 0 spiro atoms. The molecule has 2 aromatic rings. The number of rotatable bonds is 8. The Hall–Kier alpha value is -2.54. The molecule has 0 aromatic heterocycles. The average molecular weight is 391 g/mol. The molecule has 0 fully saturated rings. The summed E-state index contributed by atoms with van der Waals surface area (Å²) in [5.41, 5.74) is 0.836. The smallest absolute Gasteiger partial charge is 0.261 e. The third kappa shape index (κ3) is 5.47. The highest BCUT2D eigenvalue weighted by Gasteiger charge is 2.21. The number of methoxy groups -OCH3 is 1. The summed E-state index contributed by atoms with van der Waals surface area (Å²) in [6, 6.07) is 13.4. The van der Waals surface area contributed by atoms with Gasteiger partial charge in [-0.25, -0.2) is 8.42 Å². The van der Waals surface area contributed by atoms with Crippen molar-refractivity contribution in [2.75, 3.05) is 13.4 Å². The monoisotopic (exact) mass is 391 g/mol. The van der Waals surface area contributed by atoms with Crippen LogP contribution in [0.3, 0.4) is 0 Å². The largest absolute Gasteiger partial charge is 0.493 e. The number of sulfone groups is 1. The van der Waals surface area contributed by atoms with E-state index in [1.807, 2.05) is 13.0 Å². The molecule has 0 unspecified atom stereocenters. The number of para-hydroxylation sites is 2. The number of hydrogen-bond acceptors (Lipinski definition) is 5. The highest BCUT2D eigenvalue weighted by molar-refractivity contribution is 7.90. The van der Waals surface area contributed by atoms with Crippen molar-refractivity contribution in [3.05, 3.63) is 54.1 Å². The molecule has 0 heterocycles. The first-order valence-electron chi connectivity index (χ1n) is 8.66. The molecule has 7 heteroatoms. The van der Waals surface area contributed by atoms with Crippen molar-refractivity contribution in [2.45, 2.75) is 37.3 Å². The fourth-order valence-electron chi connectivity index (χ4n) is 2.62. The quantitative estimate of drug-likeness (QED) is 0.748. The maximum atomic E-state index is 12.5. The lowest BCUT2D eigenvalue weighted by atomic mass is 10.0. The fraction of sp³-hybridized carbons (Fsp3) is 0.350. The molecular formula is C20H25NO5S. The number of nitrogens with one attached hydrogen (secondary N) is 1. The number of carbonyl (C=O) groups excluding carboxylic acids is 1. The first-order valence-corrected chi connectivity index (χ1v) is 10.6. The Labute approximate surface area is 160 Å². The molecule has 146 valence electrons. The van der Waals surface area contributed by atoms with Crippen molar-refractivity contribution in [3.63, 3.8) is 0 Å². The number of amides is 1. The van der Waals surface area contributed by atoms with Gasteiger partial charge in [0.2, 0.25) is 0 Å². The van der Waals surface area contributed by atoms with Crippen LogP contribution < -0.4 is 14.8 Å². The van der Waals surface area contributed by atoms with Gasteiger partial charge < -0.3 is 14.8 Å². The molecule has 6 nitrogen and oxygen atoms in total. The minimum Gasteiger partial charge on any atom is -0.493 e. The number of hydrogen-bond donors (Lipinski definition) is 1. The van der Waals surface area contributed by atoms with Crippen molar-refractivity contribution < 1.29 is 22.7 Å². The molecule has 1 amide bonds. The average Bonchev–Trinajstić information content (AvgIpc) is 2.65. The lowest BCUT2D eigenvalue weighted by Crippen LogP contribution is -2.38. The molecular weight excluding hydrogens is 366 g/mol. The van der Waals surface area contributed by atoms with Gasteiger partial charge in [-0.15, -0.1) is 0 Å². The van der Waals surface area contributed by atoms with Crippen LogP contribution in [-0.2, 0) is 14.6 Å². The highest BCUT2D eigenvalue weighted by atomic mass is 32.2.